The lowest BCUT2D eigenvalue weighted by Gasteiger charge is -2.23. The number of carbonyl (C=O) groups is 1. The quantitative estimate of drug-likeness (QED) is 0.609. The zero-order chi connectivity index (χ0) is 22.8. The third-order valence-electron chi connectivity index (χ3n) is 5.61. The molecule has 0 atom stereocenters. The van der Waals surface area contributed by atoms with Gasteiger partial charge in [-0.15, -0.1) is 0 Å². The molecule has 33 heavy (non-hydrogen) atoms. The Kier molecular flexibility index (Phi) is 5.75. The van der Waals surface area contributed by atoms with Crippen molar-refractivity contribution in [2.75, 3.05) is 30.4 Å². The van der Waals surface area contributed by atoms with Gasteiger partial charge in [-0.05, 0) is 18.6 Å². The molecule has 1 saturated heterocycles. The van der Waals surface area contributed by atoms with Gasteiger partial charge in [-0.1, -0.05) is 29.8 Å². The van der Waals surface area contributed by atoms with E-state index in [4.69, 9.17) is 11.6 Å². The summed E-state index contributed by atoms with van der Waals surface area (Å²) in [5.74, 6) is 0.508. The minimum atomic E-state index is 0.114. The number of nitrogens with zero attached hydrogens (tertiary/aromatic N) is 6. The predicted octanol–water partition coefficient (Wildman–Crippen LogP) is 4.38. The lowest BCUT2D eigenvalue weighted by Crippen LogP contribution is -2.23. The van der Waals surface area contributed by atoms with E-state index in [2.05, 4.69) is 30.2 Å². The second-order valence-corrected chi connectivity index (χ2v) is 8.31. The molecule has 0 radical (unpaired) electrons. The molecule has 2 aliphatic heterocycles. The van der Waals surface area contributed by atoms with Gasteiger partial charge in [0.25, 0.3) is 0 Å². The van der Waals surface area contributed by atoms with Gasteiger partial charge in [0.05, 0.1) is 59.1 Å². The number of nitrogens with one attached hydrogen (secondary N) is 1. The number of hydrogen-bond donors (Lipinski definition) is 1. The van der Waals surface area contributed by atoms with E-state index in [1.807, 2.05) is 49.8 Å². The van der Waals surface area contributed by atoms with Crippen LogP contribution in [0.3, 0.4) is 0 Å². The second kappa shape index (κ2) is 8.99. The zero-order valence-electron chi connectivity index (χ0n) is 18.1. The minimum absolute atomic E-state index is 0.114. The molecule has 8 nitrogen and oxygen atoms in total. The highest BCUT2D eigenvalue weighted by Crippen LogP contribution is 2.31. The van der Waals surface area contributed by atoms with E-state index >= 15 is 0 Å². The molecule has 1 aromatic carbocycles. The highest BCUT2D eigenvalue weighted by molar-refractivity contribution is 6.32. The second-order valence-electron chi connectivity index (χ2n) is 7.90. The van der Waals surface area contributed by atoms with Gasteiger partial charge >= 0.3 is 0 Å². The number of pyridine rings is 1. The van der Waals surface area contributed by atoms with Crippen LogP contribution in [0.4, 0.5) is 17.3 Å². The van der Waals surface area contributed by atoms with Gasteiger partial charge in [-0.2, -0.15) is 0 Å². The van der Waals surface area contributed by atoms with E-state index in [0.29, 0.717) is 35.3 Å². The van der Waals surface area contributed by atoms with E-state index in [1.54, 1.807) is 23.5 Å². The van der Waals surface area contributed by atoms with Gasteiger partial charge in [0, 0.05) is 37.4 Å². The molecular weight excluding hydrogens is 438 g/mol. The van der Waals surface area contributed by atoms with Gasteiger partial charge in [0.1, 0.15) is 0 Å². The molecule has 0 unspecified atom stereocenters. The lowest BCUT2D eigenvalue weighted by atomic mass is 10.0. The molecule has 1 amide bonds. The van der Waals surface area contributed by atoms with E-state index in [9.17, 15) is 4.79 Å². The third-order valence-corrected chi connectivity index (χ3v) is 5.89. The van der Waals surface area contributed by atoms with Crippen LogP contribution in [0.15, 0.2) is 60.1 Å². The Hall–Kier alpha value is -3.78. The Morgan fingerprint density at radius 3 is 2.82 bits per heavy atom. The molecule has 0 saturated carbocycles. The van der Waals surface area contributed by atoms with Crippen molar-refractivity contribution in [2.45, 2.75) is 12.8 Å². The van der Waals surface area contributed by atoms with Crippen LogP contribution in [-0.2, 0) is 4.79 Å². The molecule has 2 aromatic heterocycles. The molecule has 4 heterocycles. The number of aromatic nitrogens is 3. The molecule has 0 spiro atoms. The molecule has 9 heteroatoms. The molecular formula is C24H22ClN7O. The fourth-order valence-electron chi connectivity index (χ4n) is 3.93. The lowest BCUT2D eigenvalue weighted by molar-refractivity contribution is -0.117. The van der Waals surface area contributed by atoms with E-state index < -0.39 is 0 Å². The topological polar surface area (TPSA) is 86.6 Å². The number of aliphatic imine (C=N–C) groups is 1. The predicted molar refractivity (Wildman–Crippen MR) is 131 cm³/mol. The number of anilines is 3. The largest absolute Gasteiger partial charge is 0.368 e. The molecule has 3 aromatic rings. The number of halogens is 1. The number of hydrogen-bond acceptors (Lipinski definition) is 7. The Morgan fingerprint density at radius 2 is 2.00 bits per heavy atom. The minimum Gasteiger partial charge on any atom is -0.368 e. The maximum atomic E-state index is 12.1. The number of amides is 1. The Bertz CT molecular complexity index is 1270. The maximum Gasteiger partial charge on any atom is 0.227 e. The Balaban J connectivity index is 1.43. The Labute approximate surface area is 196 Å². The van der Waals surface area contributed by atoms with Gasteiger partial charge < -0.3 is 15.1 Å². The smallest absolute Gasteiger partial charge is 0.227 e. The SMILES string of the molecule is CN1CC=NC=C1c1cccc(-c2nc(Nc3cncc(N4CCCC4=O)c3)ncc2Cl)c1. The van der Waals surface area contributed by atoms with Crippen molar-refractivity contribution in [3.05, 3.63) is 65.7 Å². The molecule has 1 fully saturated rings. The summed E-state index contributed by atoms with van der Waals surface area (Å²) in [4.78, 5) is 33.5. The van der Waals surface area contributed by atoms with Crippen molar-refractivity contribution in [1.82, 2.24) is 19.9 Å². The van der Waals surface area contributed by atoms with Gasteiger partial charge in [0.2, 0.25) is 11.9 Å². The first-order valence-corrected chi connectivity index (χ1v) is 11.0. The van der Waals surface area contributed by atoms with Crippen LogP contribution in [0.25, 0.3) is 17.0 Å². The standard InChI is InChI=1S/C24H22ClN7O/c1-31-9-7-26-15-21(31)16-4-2-5-17(10-16)23-20(25)14-28-24(30-23)29-18-11-19(13-27-12-18)32-8-3-6-22(32)33/h2,4-5,7,10-15H,3,6,8-9H2,1H3,(H,28,29,30). The molecule has 1 N–H and O–H groups in total. The number of rotatable bonds is 5. The zero-order valence-corrected chi connectivity index (χ0v) is 18.8. The summed E-state index contributed by atoms with van der Waals surface area (Å²) < 4.78 is 0. The summed E-state index contributed by atoms with van der Waals surface area (Å²) in [7, 11) is 2.03. The van der Waals surface area contributed by atoms with E-state index in [0.717, 1.165) is 35.5 Å². The summed E-state index contributed by atoms with van der Waals surface area (Å²) in [6.45, 7) is 1.47. The monoisotopic (exact) mass is 459 g/mol. The third kappa shape index (κ3) is 4.42. The van der Waals surface area contributed by atoms with Gasteiger partial charge in [-0.25, -0.2) is 9.97 Å². The van der Waals surface area contributed by atoms with Crippen LogP contribution >= 0.6 is 11.6 Å². The van der Waals surface area contributed by atoms with Crippen LogP contribution < -0.4 is 10.2 Å². The summed E-state index contributed by atoms with van der Waals surface area (Å²) in [5, 5.41) is 3.64. The van der Waals surface area contributed by atoms with Crippen LogP contribution in [0.1, 0.15) is 18.4 Å². The molecule has 5 rings (SSSR count). The Morgan fingerprint density at radius 1 is 1.12 bits per heavy atom. The van der Waals surface area contributed by atoms with Crippen molar-refractivity contribution in [2.24, 2.45) is 4.99 Å². The van der Waals surface area contributed by atoms with Crippen molar-refractivity contribution in [3.8, 4) is 11.3 Å². The summed E-state index contributed by atoms with van der Waals surface area (Å²) in [6.07, 6.45) is 10.1. The summed E-state index contributed by atoms with van der Waals surface area (Å²) in [5.41, 5.74) is 5.02. The first-order valence-electron chi connectivity index (χ1n) is 10.7. The fourth-order valence-corrected chi connectivity index (χ4v) is 4.13. The highest BCUT2D eigenvalue weighted by Gasteiger charge is 2.22. The van der Waals surface area contributed by atoms with Crippen molar-refractivity contribution in [3.63, 3.8) is 0 Å². The average Bonchev–Trinajstić information content (AvgIpc) is 3.27. The van der Waals surface area contributed by atoms with Crippen LogP contribution in [0, 0.1) is 0 Å². The van der Waals surface area contributed by atoms with Crippen molar-refractivity contribution < 1.29 is 4.79 Å². The van der Waals surface area contributed by atoms with Crippen molar-refractivity contribution in [1.29, 1.82) is 0 Å². The summed E-state index contributed by atoms with van der Waals surface area (Å²) in [6, 6.07) is 9.90. The first-order chi connectivity index (χ1) is 16.1. The van der Waals surface area contributed by atoms with E-state index in [1.165, 1.54) is 0 Å². The van der Waals surface area contributed by atoms with Gasteiger partial charge in [-0.3, -0.25) is 14.8 Å². The molecule has 166 valence electrons. The number of carbonyl (C=O) groups excluding carboxylic acids is 1. The first kappa shape index (κ1) is 21.1. The van der Waals surface area contributed by atoms with Crippen LogP contribution in [0.5, 0.6) is 0 Å². The van der Waals surface area contributed by atoms with Crippen LogP contribution in [0.2, 0.25) is 5.02 Å². The molecule has 0 bridgehead atoms. The van der Waals surface area contributed by atoms with Gasteiger partial charge in [0.15, 0.2) is 0 Å². The van der Waals surface area contributed by atoms with Crippen LogP contribution in [-0.4, -0.2) is 52.1 Å². The fraction of sp³-hybridized carbons (Fsp3) is 0.208. The normalized spacial score (nSPS) is 15.7. The maximum absolute atomic E-state index is 12.1. The molecule has 2 aliphatic rings. The summed E-state index contributed by atoms with van der Waals surface area (Å²) >= 11 is 6.47. The average molecular weight is 460 g/mol. The highest BCUT2D eigenvalue weighted by atomic mass is 35.5. The molecule has 0 aliphatic carbocycles. The van der Waals surface area contributed by atoms with Crippen molar-refractivity contribution >= 4 is 46.7 Å². The van der Waals surface area contributed by atoms with E-state index in [-0.39, 0.29) is 5.91 Å². The number of benzene rings is 1.